The van der Waals surface area contributed by atoms with Gasteiger partial charge in [-0.2, -0.15) is 5.10 Å². The number of methoxy groups -OCH3 is 1. The van der Waals surface area contributed by atoms with Gasteiger partial charge >= 0.3 is 5.97 Å². The lowest BCUT2D eigenvalue weighted by Crippen LogP contribution is -2.40. The van der Waals surface area contributed by atoms with Crippen molar-refractivity contribution >= 4 is 11.9 Å². The average molecular weight is 250 g/mol. The highest BCUT2D eigenvalue weighted by atomic mass is 16.5. The molecule has 1 aromatic rings. The Labute approximate surface area is 106 Å². The van der Waals surface area contributed by atoms with Gasteiger partial charge in [0.25, 0.3) is 0 Å². The van der Waals surface area contributed by atoms with E-state index in [-0.39, 0.29) is 11.9 Å². The standard InChI is InChI=1S/C12H18N4O2/c1-8-9(2)14-15-12(13-8)16-6-4-5-10(7-16)11(17)18-3/h10H,4-7H2,1-3H3. The predicted molar refractivity (Wildman–Crippen MR) is 66.3 cm³/mol. The molecule has 2 heterocycles. The number of rotatable bonds is 2. The monoisotopic (exact) mass is 250 g/mol. The second-order valence-electron chi connectivity index (χ2n) is 4.59. The molecule has 6 nitrogen and oxygen atoms in total. The van der Waals surface area contributed by atoms with Crippen molar-refractivity contribution in [1.29, 1.82) is 0 Å². The Morgan fingerprint density at radius 1 is 1.33 bits per heavy atom. The van der Waals surface area contributed by atoms with Crippen molar-refractivity contribution in [3.63, 3.8) is 0 Å². The van der Waals surface area contributed by atoms with E-state index in [2.05, 4.69) is 15.2 Å². The van der Waals surface area contributed by atoms with Crippen LogP contribution in [0.5, 0.6) is 0 Å². The zero-order chi connectivity index (χ0) is 13.1. The topological polar surface area (TPSA) is 68.2 Å². The number of piperidine rings is 1. The van der Waals surface area contributed by atoms with E-state index in [0.717, 1.165) is 30.8 Å². The van der Waals surface area contributed by atoms with Crippen molar-refractivity contribution in [3.8, 4) is 0 Å². The van der Waals surface area contributed by atoms with Gasteiger partial charge < -0.3 is 9.64 Å². The first-order valence-electron chi connectivity index (χ1n) is 6.12. The van der Waals surface area contributed by atoms with Crippen LogP contribution in [0.4, 0.5) is 5.95 Å². The normalized spacial score (nSPS) is 19.7. The zero-order valence-corrected chi connectivity index (χ0v) is 11.0. The Morgan fingerprint density at radius 3 is 2.78 bits per heavy atom. The molecule has 1 aliphatic rings. The minimum absolute atomic E-state index is 0.0889. The fourth-order valence-electron chi connectivity index (χ4n) is 2.10. The second-order valence-corrected chi connectivity index (χ2v) is 4.59. The lowest BCUT2D eigenvalue weighted by atomic mass is 9.98. The van der Waals surface area contributed by atoms with E-state index in [1.165, 1.54) is 7.11 Å². The maximum Gasteiger partial charge on any atom is 0.310 e. The van der Waals surface area contributed by atoms with Gasteiger partial charge in [-0.25, -0.2) is 4.98 Å². The maximum atomic E-state index is 11.6. The van der Waals surface area contributed by atoms with E-state index in [1.54, 1.807) is 0 Å². The van der Waals surface area contributed by atoms with E-state index >= 15 is 0 Å². The molecule has 0 saturated carbocycles. The fourth-order valence-corrected chi connectivity index (χ4v) is 2.10. The van der Waals surface area contributed by atoms with Crippen LogP contribution in [0.25, 0.3) is 0 Å². The van der Waals surface area contributed by atoms with Crippen molar-refractivity contribution in [2.45, 2.75) is 26.7 Å². The smallest absolute Gasteiger partial charge is 0.310 e. The van der Waals surface area contributed by atoms with Crippen molar-refractivity contribution in [2.75, 3.05) is 25.1 Å². The number of aromatic nitrogens is 3. The molecule has 2 rings (SSSR count). The molecular formula is C12H18N4O2. The summed E-state index contributed by atoms with van der Waals surface area (Å²) in [5.41, 5.74) is 1.71. The highest BCUT2D eigenvalue weighted by molar-refractivity contribution is 5.73. The first-order valence-corrected chi connectivity index (χ1v) is 6.12. The molecule has 0 amide bonds. The van der Waals surface area contributed by atoms with Gasteiger partial charge in [0, 0.05) is 13.1 Å². The quantitative estimate of drug-likeness (QED) is 0.726. The van der Waals surface area contributed by atoms with E-state index in [9.17, 15) is 4.79 Å². The van der Waals surface area contributed by atoms with E-state index < -0.39 is 0 Å². The first kappa shape index (κ1) is 12.7. The third-order valence-corrected chi connectivity index (χ3v) is 3.32. The van der Waals surface area contributed by atoms with E-state index in [1.807, 2.05) is 18.7 Å². The van der Waals surface area contributed by atoms with Crippen LogP contribution in [0.3, 0.4) is 0 Å². The molecule has 1 unspecified atom stereocenters. The predicted octanol–water partition coefficient (Wildman–Crippen LogP) is 0.878. The Kier molecular flexibility index (Phi) is 3.74. The molecule has 0 aromatic carbocycles. The van der Waals surface area contributed by atoms with Crippen LogP contribution in [0.2, 0.25) is 0 Å². The summed E-state index contributed by atoms with van der Waals surface area (Å²) >= 11 is 0. The van der Waals surface area contributed by atoms with Crippen LogP contribution in [-0.2, 0) is 9.53 Å². The molecule has 1 aromatic heterocycles. The molecule has 98 valence electrons. The van der Waals surface area contributed by atoms with Gasteiger partial charge in [-0.15, -0.1) is 5.10 Å². The molecule has 18 heavy (non-hydrogen) atoms. The molecular weight excluding hydrogens is 232 g/mol. The Bertz CT molecular complexity index is 450. The SMILES string of the molecule is COC(=O)C1CCCN(c2nnc(C)c(C)n2)C1. The van der Waals surface area contributed by atoms with Crippen molar-refractivity contribution in [2.24, 2.45) is 5.92 Å². The number of anilines is 1. The summed E-state index contributed by atoms with van der Waals surface area (Å²) in [7, 11) is 1.43. The molecule has 1 aliphatic heterocycles. The van der Waals surface area contributed by atoms with Gasteiger partial charge in [-0.3, -0.25) is 4.79 Å². The van der Waals surface area contributed by atoms with Crippen molar-refractivity contribution in [1.82, 2.24) is 15.2 Å². The molecule has 1 atom stereocenters. The molecule has 6 heteroatoms. The summed E-state index contributed by atoms with van der Waals surface area (Å²) in [5, 5.41) is 8.17. The van der Waals surface area contributed by atoms with Gasteiger partial charge in [0.05, 0.1) is 24.4 Å². The summed E-state index contributed by atoms with van der Waals surface area (Å²) in [6, 6.07) is 0. The highest BCUT2D eigenvalue weighted by Crippen LogP contribution is 2.21. The lowest BCUT2D eigenvalue weighted by Gasteiger charge is -2.31. The van der Waals surface area contributed by atoms with Crippen LogP contribution in [0, 0.1) is 19.8 Å². The van der Waals surface area contributed by atoms with Crippen LogP contribution in [-0.4, -0.2) is 41.3 Å². The summed E-state index contributed by atoms with van der Waals surface area (Å²) in [6.07, 6.45) is 1.80. The fraction of sp³-hybridized carbons (Fsp3) is 0.667. The van der Waals surface area contributed by atoms with Crippen molar-refractivity contribution in [3.05, 3.63) is 11.4 Å². The molecule has 0 radical (unpaired) electrons. The van der Waals surface area contributed by atoms with Crippen molar-refractivity contribution < 1.29 is 9.53 Å². The zero-order valence-electron chi connectivity index (χ0n) is 11.0. The van der Waals surface area contributed by atoms with E-state index in [4.69, 9.17) is 4.74 Å². The van der Waals surface area contributed by atoms with Gasteiger partial charge in [0.2, 0.25) is 5.95 Å². The molecule has 0 bridgehead atoms. The number of hydrogen-bond donors (Lipinski definition) is 0. The second kappa shape index (κ2) is 5.29. The third-order valence-electron chi connectivity index (χ3n) is 3.32. The van der Waals surface area contributed by atoms with Gasteiger partial charge in [-0.1, -0.05) is 0 Å². The summed E-state index contributed by atoms with van der Waals surface area (Å²) in [4.78, 5) is 18.0. The Hall–Kier alpha value is -1.72. The Morgan fingerprint density at radius 2 is 2.11 bits per heavy atom. The van der Waals surface area contributed by atoms with Gasteiger partial charge in [0.15, 0.2) is 0 Å². The molecule has 0 aliphatic carbocycles. The number of carbonyl (C=O) groups excluding carboxylic acids is 1. The summed E-state index contributed by atoms with van der Waals surface area (Å²) < 4.78 is 4.79. The van der Waals surface area contributed by atoms with E-state index in [0.29, 0.717) is 12.5 Å². The minimum Gasteiger partial charge on any atom is -0.469 e. The largest absolute Gasteiger partial charge is 0.469 e. The van der Waals surface area contributed by atoms with Gasteiger partial charge in [0.1, 0.15) is 0 Å². The lowest BCUT2D eigenvalue weighted by molar-refractivity contribution is -0.145. The third kappa shape index (κ3) is 2.57. The number of nitrogens with zero attached hydrogens (tertiary/aromatic N) is 4. The van der Waals surface area contributed by atoms with Crippen LogP contribution in [0.15, 0.2) is 0 Å². The molecule has 1 saturated heterocycles. The maximum absolute atomic E-state index is 11.6. The van der Waals surface area contributed by atoms with Gasteiger partial charge in [-0.05, 0) is 26.7 Å². The molecule has 0 spiro atoms. The number of hydrogen-bond acceptors (Lipinski definition) is 6. The van der Waals surface area contributed by atoms with Crippen LogP contribution >= 0.6 is 0 Å². The highest BCUT2D eigenvalue weighted by Gasteiger charge is 2.28. The summed E-state index contributed by atoms with van der Waals surface area (Å²) in [5.74, 6) is 0.358. The number of ether oxygens (including phenoxy) is 1. The minimum atomic E-state index is -0.156. The molecule has 1 fully saturated rings. The number of aryl methyl sites for hydroxylation is 2. The number of carbonyl (C=O) groups is 1. The average Bonchev–Trinajstić information content (AvgIpc) is 2.41. The first-order chi connectivity index (χ1) is 8.61. The Balaban J connectivity index is 2.13. The van der Waals surface area contributed by atoms with Crippen LogP contribution in [0.1, 0.15) is 24.2 Å². The number of esters is 1. The van der Waals surface area contributed by atoms with Crippen LogP contribution < -0.4 is 4.90 Å². The molecule has 0 N–H and O–H groups in total. The summed E-state index contributed by atoms with van der Waals surface area (Å²) in [6.45, 7) is 5.26.